The minimum Gasteiger partial charge on any atom is -0.372 e. The molecule has 186 valence electrons. The van der Waals surface area contributed by atoms with Crippen molar-refractivity contribution in [2.75, 3.05) is 16.8 Å². The average Bonchev–Trinajstić information content (AvgIpc) is 2.74. The number of carbonyl (C=O) groups excluding carboxylic acids is 1. The molecule has 0 bridgehead atoms. The van der Waals surface area contributed by atoms with Crippen LogP contribution in [0.15, 0.2) is 12.1 Å². The van der Waals surface area contributed by atoms with E-state index in [1.54, 1.807) is 13.8 Å². The smallest absolute Gasteiger partial charge is 0.227 e. The Labute approximate surface area is 199 Å². The van der Waals surface area contributed by atoms with E-state index < -0.39 is 15.3 Å². The van der Waals surface area contributed by atoms with E-state index in [9.17, 15) is 13.2 Å². The Morgan fingerprint density at radius 1 is 1.06 bits per heavy atom. The number of hydrogen-bond donors (Lipinski definition) is 2. The first-order chi connectivity index (χ1) is 15.4. The molecule has 8 heteroatoms. The van der Waals surface area contributed by atoms with Crippen LogP contribution in [0.4, 0.5) is 11.4 Å². The highest BCUT2D eigenvalue weighted by molar-refractivity contribution is 7.90. The molecule has 3 rings (SSSR count). The molecule has 0 aromatic heterocycles. The zero-order valence-corrected chi connectivity index (χ0v) is 22.0. The van der Waals surface area contributed by atoms with Gasteiger partial charge in [0, 0.05) is 29.9 Å². The number of amides is 1. The van der Waals surface area contributed by atoms with Gasteiger partial charge in [0.25, 0.3) is 0 Å². The molecule has 1 amide bonds. The zero-order chi connectivity index (χ0) is 24.5. The molecule has 1 aromatic carbocycles. The van der Waals surface area contributed by atoms with Gasteiger partial charge in [-0.25, -0.2) is 13.1 Å². The van der Waals surface area contributed by atoms with Crippen LogP contribution in [0, 0.1) is 19.8 Å². The van der Waals surface area contributed by atoms with Crippen molar-refractivity contribution in [3.05, 3.63) is 23.3 Å². The fraction of sp³-hybridized carbons (Fsp3) is 0.720. The van der Waals surface area contributed by atoms with Crippen molar-refractivity contribution in [2.45, 2.75) is 104 Å². The summed E-state index contributed by atoms with van der Waals surface area (Å²) >= 11 is 0. The van der Waals surface area contributed by atoms with Gasteiger partial charge in [-0.05, 0) is 97.4 Å². The topological polar surface area (TPSA) is 87.7 Å². The molecule has 1 heterocycles. The summed E-state index contributed by atoms with van der Waals surface area (Å²) in [6, 6.07) is 4.32. The fourth-order valence-electron chi connectivity index (χ4n) is 4.87. The quantitative estimate of drug-likeness (QED) is 0.641. The third kappa shape index (κ3) is 5.89. The van der Waals surface area contributed by atoms with Gasteiger partial charge in [-0.3, -0.25) is 4.79 Å². The Hall–Kier alpha value is -1.64. The number of rotatable bonds is 6. The van der Waals surface area contributed by atoms with Crippen molar-refractivity contribution in [1.82, 2.24) is 4.72 Å². The number of carbonyl (C=O) groups is 1. The van der Waals surface area contributed by atoms with Crippen LogP contribution in [0.1, 0.15) is 71.4 Å². The summed E-state index contributed by atoms with van der Waals surface area (Å²) < 4.78 is 33.0. The van der Waals surface area contributed by atoms with Crippen LogP contribution >= 0.6 is 0 Å². The van der Waals surface area contributed by atoms with Crippen molar-refractivity contribution in [1.29, 1.82) is 0 Å². The van der Waals surface area contributed by atoms with Crippen LogP contribution in [0.2, 0.25) is 0 Å². The molecule has 3 atom stereocenters. The van der Waals surface area contributed by atoms with Gasteiger partial charge in [0.05, 0.1) is 23.5 Å². The van der Waals surface area contributed by atoms with Gasteiger partial charge in [0.15, 0.2) is 0 Å². The number of nitrogens with zero attached hydrogens (tertiary/aromatic N) is 1. The summed E-state index contributed by atoms with van der Waals surface area (Å²) in [5.74, 6) is -0.0671. The number of ether oxygens (including phenoxy) is 1. The van der Waals surface area contributed by atoms with E-state index >= 15 is 0 Å². The largest absolute Gasteiger partial charge is 0.372 e. The lowest BCUT2D eigenvalue weighted by Crippen LogP contribution is -2.52. The lowest BCUT2D eigenvalue weighted by molar-refractivity contribution is -0.120. The molecular formula is C25H41N3O4S. The Bertz CT molecular complexity index is 955. The minimum absolute atomic E-state index is 0.0254. The number of benzene rings is 1. The first kappa shape index (κ1) is 26.0. The van der Waals surface area contributed by atoms with E-state index in [0.29, 0.717) is 25.7 Å². The highest BCUT2D eigenvalue weighted by Gasteiger charge is 2.32. The molecule has 1 aliphatic carbocycles. The summed E-state index contributed by atoms with van der Waals surface area (Å²) in [4.78, 5) is 15.4. The van der Waals surface area contributed by atoms with E-state index in [0.717, 1.165) is 17.8 Å². The van der Waals surface area contributed by atoms with Crippen LogP contribution in [-0.4, -0.2) is 50.4 Å². The van der Waals surface area contributed by atoms with Gasteiger partial charge in [0.1, 0.15) is 0 Å². The predicted molar refractivity (Wildman–Crippen MR) is 134 cm³/mol. The Morgan fingerprint density at radius 2 is 1.70 bits per heavy atom. The zero-order valence-electron chi connectivity index (χ0n) is 21.1. The maximum Gasteiger partial charge on any atom is 0.227 e. The van der Waals surface area contributed by atoms with Gasteiger partial charge in [-0.2, -0.15) is 0 Å². The number of anilines is 2. The van der Waals surface area contributed by atoms with Crippen LogP contribution < -0.4 is 14.9 Å². The molecule has 7 nitrogen and oxygen atoms in total. The first-order valence-electron chi connectivity index (χ1n) is 12.2. The monoisotopic (exact) mass is 479 g/mol. The number of sulfonamides is 1. The number of morpholine rings is 1. The standard InChI is InChI=1S/C25H41N3O4S/c1-15(2)33(30,31)27-22-10-8-21(9-11-22)25(29)26-23-12-13-24(18(5)17(23)4)28-14-16(3)32-20(7)19(28)6/h12-13,15-16,19-22,27H,8-11,14H2,1-7H3,(H,26,29)/t16-,19?,20+,21?,22?/m0/s1. The number of nitrogens with one attached hydrogen (secondary N) is 2. The first-order valence-corrected chi connectivity index (χ1v) is 13.8. The SMILES string of the molecule is Cc1c(NC(=O)C2CCC(NS(=O)(=O)C(C)C)CC2)ccc(N2C[C@H](C)O[C@H](C)C2C)c1C. The average molecular weight is 480 g/mol. The molecular weight excluding hydrogens is 438 g/mol. The molecule has 1 unspecified atom stereocenters. The van der Waals surface area contributed by atoms with Gasteiger partial charge in [-0.15, -0.1) is 0 Å². The second-order valence-electron chi connectivity index (χ2n) is 10.2. The van der Waals surface area contributed by atoms with Crippen molar-refractivity contribution < 1.29 is 17.9 Å². The third-order valence-corrected chi connectivity index (χ3v) is 9.35. The van der Waals surface area contributed by atoms with Crippen LogP contribution in [-0.2, 0) is 19.6 Å². The number of hydrogen-bond acceptors (Lipinski definition) is 5. The molecule has 1 aromatic rings. The fourth-order valence-corrected chi connectivity index (χ4v) is 5.84. The van der Waals surface area contributed by atoms with E-state index in [4.69, 9.17) is 4.74 Å². The van der Waals surface area contributed by atoms with Crippen molar-refractivity contribution >= 4 is 27.3 Å². The molecule has 1 aliphatic heterocycles. The normalized spacial score (nSPS) is 28.7. The van der Waals surface area contributed by atoms with Crippen LogP contribution in [0.25, 0.3) is 0 Å². The summed E-state index contributed by atoms with van der Waals surface area (Å²) in [5.41, 5.74) is 4.30. The lowest BCUT2D eigenvalue weighted by atomic mass is 9.86. The van der Waals surface area contributed by atoms with Crippen molar-refractivity contribution in [3.8, 4) is 0 Å². The lowest BCUT2D eigenvalue weighted by Gasteiger charge is -2.43. The summed E-state index contributed by atoms with van der Waals surface area (Å²) in [5, 5.41) is 2.70. The van der Waals surface area contributed by atoms with E-state index in [2.05, 4.69) is 55.6 Å². The van der Waals surface area contributed by atoms with Crippen LogP contribution in [0.3, 0.4) is 0 Å². The molecule has 2 N–H and O–H groups in total. The molecule has 33 heavy (non-hydrogen) atoms. The summed E-state index contributed by atoms with van der Waals surface area (Å²) in [6.45, 7) is 14.8. The Balaban J connectivity index is 1.64. The van der Waals surface area contributed by atoms with Gasteiger partial charge >= 0.3 is 0 Å². The van der Waals surface area contributed by atoms with Gasteiger partial charge in [-0.1, -0.05) is 0 Å². The Morgan fingerprint density at radius 3 is 2.30 bits per heavy atom. The highest BCUT2D eigenvalue weighted by Crippen LogP contribution is 2.34. The molecule has 2 fully saturated rings. The van der Waals surface area contributed by atoms with E-state index in [1.807, 2.05) is 6.07 Å². The molecule has 1 saturated heterocycles. The molecule has 2 aliphatic rings. The van der Waals surface area contributed by atoms with E-state index in [1.165, 1.54) is 11.3 Å². The predicted octanol–water partition coefficient (Wildman–Crippen LogP) is 4.13. The van der Waals surface area contributed by atoms with Gasteiger partial charge in [0.2, 0.25) is 15.9 Å². The molecule has 0 radical (unpaired) electrons. The molecule has 0 spiro atoms. The van der Waals surface area contributed by atoms with E-state index in [-0.39, 0.29) is 36.1 Å². The minimum atomic E-state index is -3.28. The summed E-state index contributed by atoms with van der Waals surface area (Å²) in [6.07, 6.45) is 3.09. The van der Waals surface area contributed by atoms with Crippen molar-refractivity contribution in [3.63, 3.8) is 0 Å². The third-order valence-electron chi connectivity index (χ3n) is 7.45. The van der Waals surface area contributed by atoms with Crippen LogP contribution in [0.5, 0.6) is 0 Å². The highest BCUT2D eigenvalue weighted by atomic mass is 32.2. The summed E-state index contributed by atoms with van der Waals surface area (Å²) in [7, 11) is -3.28. The van der Waals surface area contributed by atoms with Crippen molar-refractivity contribution in [2.24, 2.45) is 5.92 Å². The maximum atomic E-state index is 13.0. The Kier molecular flexibility index (Phi) is 8.12. The molecule has 1 saturated carbocycles. The maximum absolute atomic E-state index is 13.0. The second kappa shape index (κ2) is 10.3. The second-order valence-corrected chi connectivity index (χ2v) is 12.4. The van der Waals surface area contributed by atoms with Gasteiger partial charge < -0.3 is 15.0 Å².